The van der Waals surface area contributed by atoms with E-state index in [0.29, 0.717) is 6.07 Å². The van der Waals surface area contributed by atoms with Crippen molar-refractivity contribution in [1.29, 1.82) is 0 Å². The van der Waals surface area contributed by atoms with Crippen LogP contribution in [0.1, 0.15) is 18.5 Å². The molecular weight excluding hydrogens is 379 g/mol. The van der Waals surface area contributed by atoms with Gasteiger partial charge in [-0.3, -0.25) is 24.3 Å². The fourth-order valence-corrected chi connectivity index (χ4v) is 2.23. The van der Waals surface area contributed by atoms with Gasteiger partial charge in [0.25, 0.3) is 11.2 Å². The molecule has 1 atom stereocenters. The fourth-order valence-electron chi connectivity index (χ4n) is 2.06. The maximum absolute atomic E-state index is 12.8. The highest BCUT2D eigenvalue weighted by atomic mass is 35.5. The molecule has 11 heteroatoms. The van der Waals surface area contributed by atoms with Crippen molar-refractivity contribution in [1.82, 2.24) is 4.57 Å². The number of halogens is 4. The van der Waals surface area contributed by atoms with Crippen LogP contribution in [0.5, 0.6) is 0 Å². The number of hydrogen-bond acceptors (Lipinski definition) is 4. The number of carbonyl (C=O) groups is 1. The molecule has 1 aromatic heterocycles. The van der Waals surface area contributed by atoms with E-state index < -0.39 is 39.9 Å². The van der Waals surface area contributed by atoms with Crippen LogP contribution in [0.3, 0.4) is 0 Å². The summed E-state index contributed by atoms with van der Waals surface area (Å²) in [7, 11) is 0. The number of nitrogens with zero attached hydrogens (tertiary/aromatic N) is 2. The molecule has 2 aromatic rings. The van der Waals surface area contributed by atoms with Gasteiger partial charge in [0.1, 0.15) is 6.04 Å². The van der Waals surface area contributed by atoms with E-state index in [0.717, 1.165) is 35.0 Å². The molecule has 0 aliphatic rings. The van der Waals surface area contributed by atoms with E-state index >= 15 is 0 Å². The molecule has 0 aliphatic carbocycles. The van der Waals surface area contributed by atoms with Gasteiger partial charge in [-0.05, 0) is 25.1 Å². The zero-order chi connectivity index (χ0) is 19.6. The average molecular weight is 390 g/mol. The Morgan fingerprint density at radius 3 is 2.54 bits per heavy atom. The first kappa shape index (κ1) is 19.4. The van der Waals surface area contributed by atoms with E-state index in [9.17, 15) is 32.9 Å². The van der Waals surface area contributed by atoms with Crippen LogP contribution < -0.4 is 10.9 Å². The van der Waals surface area contributed by atoms with Crippen LogP contribution in [0.2, 0.25) is 5.02 Å². The number of aromatic nitrogens is 1. The van der Waals surface area contributed by atoms with Crippen LogP contribution >= 0.6 is 11.6 Å². The largest absolute Gasteiger partial charge is 0.416 e. The minimum absolute atomic E-state index is 0.134. The Hall–Kier alpha value is -2.88. The van der Waals surface area contributed by atoms with Gasteiger partial charge in [-0.15, -0.1) is 0 Å². The number of nitrogens with one attached hydrogen (secondary N) is 1. The summed E-state index contributed by atoms with van der Waals surface area (Å²) in [5.74, 6) is -0.867. The number of rotatable bonds is 4. The number of alkyl halides is 3. The summed E-state index contributed by atoms with van der Waals surface area (Å²) in [6.45, 7) is 1.27. The quantitative estimate of drug-likeness (QED) is 0.638. The highest BCUT2D eigenvalue weighted by Gasteiger charge is 2.31. The van der Waals surface area contributed by atoms with Gasteiger partial charge in [0.05, 0.1) is 27.4 Å². The predicted molar refractivity (Wildman–Crippen MR) is 87.2 cm³/mol. The van der Waals surface area contributed by atoms with Gasteiger partial charge in [0.15, 0.2) is 0 Å². The normalized spacial score (nSPS) is 12.5. The van der Waals surface area contributed by atoms with Gasteiger partial charge in [0, 0.05) is 12.1 Å². The Kier molecular flexibility index (Phi) is 5.36. The zero-order valence-corrected chi connectivity index (χ0v) is 13.8. The van der Waals surface area contributed by atoms with Crippen molar-refractivity contribution in [3.05, 3.63) is 67.6 Å². The third-order valence-corrected chi connectivity index (χ3v) is 3.81. The van der Waals surface area contributed by atoms with Crippen LogP contribution in [0, 0.1) is 10.1 Å². The van der Waals surface area contributed by atoms with Gasteiger partial charge in [-0.2, -0.15) is 13.2 Å². The minimum Gasteiger partial charge on any atom is -0.323 e. The smallest absolute Gasteiger partial charge is 0.323 e. The number of pyridine rings is 1. The Balaban J connectivity index is 2.32. The van der Waals surface area contributed by atoms with Crippen LogP contribution in [-0.2, 0) is 11.0 Å². The van der Waals surface area contributed by atoms with Crippen molar-refractivity contribution in [3.63, 3.8) is 0 Å². The first-order valence-corrected chi connectivity index (χ1v) is 7.42. The van der Waals surface area contributed by atoms with E-state index in [-0.39, 0.29) is 10.7 Å². The lowest BCUT2D eigenvalue weighted by Crippen LogP contribution is -2.31. The molecule has 0 saturated carbocycles. The lowest BCUT2D eigenvalue weighted by molar-refractivity contribution is -0.385. The van der Waals surface area contributed by atoms with Crippen LogP contribution in [0.25, 0.3) is 0 Å². The van der Waals surface area contributed by atoms with Crippen LogP contribution in [-0.4, -0.2) is 15.4 Å². The maximum Gasteiger partial charge on any atom is 0.416 e. The van der Waals surface area contributed by atoms with E-state index in [1.807, 2.05) is 0 Å². The second kappa shape index (κ2) is 7.16. The zero-order valence-electron chi connectivity index (χ0n) is 13.1. The summed E-state index contributed by atoms with van der Waals surface area (Å²) in [5, 5.41) is 12.9. The molecule has 0 bridgehead atoms. The SMILES string of the molecule is C[C@H](C(=O)Nc1cc(C(F)(F)F)ccc1Cl)n1cc([N+](=O)[O-])ccc1=O. The Morgan fingerprint density at radius 2 is 1.96 bits per heavy atom. The van der Waals surface area contributed by atoms with E-state index in [2.05, 4.69) is 5.32 Å². The summed E-state index contributed by atoms with van der Waals surface area (Å²) in [6, 6.07) is 3.06. The fraction of sp³-hybridized carbons (Fsp3) is 0.200. The van der Waals surface area contributed by atoms with E-state index in [4.69, 9.17) is 11.6 Å². The minimum atomic E-state index is -4.63. The molecule has 1 heterocycles. The molecule has 0 fully saturated rings. The van der Waals surface area contributed by atoms with E-state index in [1.165, 1.54) is 6.92 Å². The molecule has 1 aromatic carbocycles. The van der Waals surface area contributed by atoms with Gasteiger partial charge in [-0.1, -0.05) is 11.6 Å². The molecule has 7 nitrogen and oxygen atoms in total. The number of anilines is 1. The molecule has 2 rings (SSSR count). The molecular formula is C15H11ClF3N3O4. The van der Waals surface area contributed by atoms with Crippen molar-refractivity contribution < 1.29 is 22.9 Å². The number of nitro groups is 1. The van der Waals surface area contributed by atoms with Crippen molar-refractivity contribution in [2.24, 2.45) is 0 Å². The van der Waals surface area contributed by atoms with Crippen LogP contribution in [0.4, 0.5) is 24.5 Å². The van der Waals surface area contributed by atoms with Crippen molar-refractivity contribution in [2.75, 3.05) is 5.32 Å². The van der Waals surface area contributed by atoms with Crippen molar-refractivity contribution in [2.45, 2.75) is 19.1 Å². The maximum atomic E-state index is 12.8. The molecule has 0 spiro atoms. The Labute approximate surface area is 149 Å². The van der Waals surface area contributed by atoms with Crippen LogP contribution in [0.15, 0.2) is 41.3 Å². The molecule has 1 amide bonds. The number of benzene rings is 1. The van der Waals surface area contributed by atoms with Gasteiger partial charge < -0.3 is 5.32 Å². The second-order valence-corrected chi connectivity index (χ2v) is 5.65. The lowest BCUT2D eigenvalue weighted by atomic mass is 10.2. The Morgan fingerprint density at radius 1 is 1.31 bits per heavy atom. The number of amides is 1. The number of carbonyl (C=O) groups excluding carboxylic acids is 1. The second-order valence-electron chi connectivity index (χ2n) is 5.25. The summed E-state index contributed by atoms with van der Waals surface area (Å²) in [5.41, 5.74) is -2.41. The third-order valence-electron chi connectivity index (χ3n) is 3.48. The topological polar surface area (TPSA) is 94.2 Å². The summed E-state index contributed by atoms with van der Waals surface area (Å²) in [6.07, 6.45) is -3.76. The van der Waals surface area contributed by atoms with Gasteiger partial charge >= 0.3 is 6.18 Å². The van der Waals surface area contributed by atoms with Crippen molar-refractivity contribution >= 4 is 28.9 Å². The molecule has 0 aliphatic heterocycles. The highest BCUT2D eigenvalue weighted by molar-refractivity contribution is 6.33. The van der Waals surface area contributed by atoms with E-state index in [1.54, 1.807) is 0 Å². The lowest BCUT2D eigenvalue weighted by Gasteiger charge is -2.16. The molecule has 1 N–H and O–H groups in total. The molecule has 0 radical (unpaired) electrons. The summed E-state index contributed by atoms with van der Waals surface area (Å²) >= 11 is 5.80. The first-order valence-electron chi connectivity index (χ1n) is 7.05. The molecule has 138 valence electrons. The number of hydrogen-bond donors (Lipinski definition) is 1. The Bertz CT molecular complexity index is 927. The standard InChI is InChI=1S/C15H11ClF3N3O4/c1-8(21-7-10(22(25)26)3-5-13(21)23)14(24)20-12-6-9(15(17,18)19)2-4-11(12)16/h2-8H,1H3,(H,20,24)/t8-/m1/s1. The molecule has 0 unspecified atom stereocenters. The highest BCUT2D eigenvalue weighted by Crippen LogP contribution is 2.34. The monoisotopic (exact) mass is 389 g/mol. The van der Waals surface area contributed by atoms with Gasteiger partial charge in [-0.25, -0.2) is 0 Å². The first-order chi connectivity index (χ1) is 12.0. The van der Waals surface area contributed by atoms with Gasteiger partial charge in [0.2, 0.25) is 5.91 Å². The molecule has 0 saturated heterocycles. The molecule has 26 heavy (non-hydrogen) atoms. The third kappa shape index (κ3) is 4.20. The average Bonchev–Trinajstić information content (AvgIpc) is 2.55. The predicted octanol–water partition coefficient (Wildman–Crippen LogP) is 3.63. The van der Waals surface area contributed by atoms with Crippen molar-refractivity contribution in [3.8, 4) is 0 Å². The summed E-state index contributed by atoms with van der Waals surface area (Å²) < 4.78 is 39.1. The summed E-state index contributed by atoms with van der Waals surface area (Å²) in [4.78, 5) is 34.2.